The molecule has 0 amide bonds. The molecule has 1 N–H and O–H groups in total. The van der Waals surface area contributed by atoms with Gasteiger partial charge in [-0.2, -0.15) is 4.98 Å². The first-order valence-corrected chi connectivity index (χ1v) is 9.04. The van der Waals surface area contributed by atoms with Crippen LogP contribution in [0.5, 0.6) is 0 Å². The number of aliphatic hydroxyl groups is 1. The summed E-state index contributed by atoms with van der Waals surface area (Å²) >= 11 is 3.41. The first kappa shape index (κ1) is 18.1. The van der Waals surface area contributed by atoms with Gasteiger partial charge in [0.05, 0.1) is 0 Å². The zero-order valence-electron chi connectivity index (χ0n) is 15.1. The van der Waals surface area contributed by atoms with E-state index in [2.05, 4.69) is 26.1 Å². The van der Waals surface area contributed by atoms with E-state index >= 15 is 0 Å². The van der Waals surface area contributed by atoms with E-state index < -0.39 is 11.2 Å². The number of halogens is 1. The SMILES string of the molecule is CC(C)(C)C1(O)CC=C(c2nc(-c3ccc(Br)cc3)no2)OC1(C)C. The predicted octanol–water partition coefficient (Wildman–Crippen LogP) is 4.82. The molecule has 3 rings (SSSR count). The van der Waals surface area contributed by atoms with Crippen LogP contribution >= 0.6 is 15.9 Å². The van der Waals surface area contributed by atoms with Crippen molar-refractivity contribution in [3.63, 3.8) is 0 Å². The lowest BCUT2D eigenvalue weighted by molar-refractivity contribution is -0.190. The van der Waals surface area contributed by atoms with Gasteiger partial charge in [-0.3, -0.25) is 0 Å². The van der Waals surface area contributed by atoms with Gasteiger partial charge in [0.1, 0.15) is 11.2 Å². The molecule has 1 unspecified atom stereocenters. The smallest absolute Gasteiger partial charge is 0.292 e. The van der Waals surface area contributed by atoms with E-state index in [4.69, 9.17) is 9.26 Å². The summed E-state index contributed by atoms with van der Waals surface area (Å²) in [5.74, 6) is 1.33. The van der Waals surface area contributed by atoms with Crippen LogP contribution in [0.15, 0.2) is 39.3 Å². The average molecular weight is 407 g/mol. The van der Waals surface area contributed by atoms with Gasteiger partial charge in [-0.05, 0) is 49.6 Å². The summed E-state index contributed by atoms with van der Waals surface area (Å²) in [7, 11) is 0. The molecule has 1 aliphatic heterocycles. The third-order valence-corrected chi connectivity index (χ3v) is 5.45. The number of aromatic nitrogens is 2. The fourth-order valence-electron chi connectivity index (χ4n) is 3.27. The number of hydrogen-bond acceptors (Lipinski definition) is 5. The minimum atomic E-state index is -1.00. The van der Waals surface area contributed by atoms with Crippen molar-refractivity contribution in [1.82, 2.24) is 10.1 Å². The lowest BCUT2D eigenvalue weighted by Crippen LogP contribution is -2.60. The first-order valence-electron chi connectivity index (χ1n) is 8.25. The Hall–Kier alpha value is -1.66. The molecule has 25 heavy (non-hydrogen) atoms. The lowest BCUT2D eigenvalue weighted by atomic mass is 9.65. The van der Waals surface area contributed by atoms with Crippen molar-refractivity contribution in [1.29, 1.82) is 0 Å². The van der Waals surface area contributed by atoms with E-state index in [0.29, 0.717) is 23.9 Å². The van der Waals surface area contributed by atoms with Crippen LogP contribution in [0, 0.1) is 5.41 Å². The molecule has 0 fully saturated rings. The minimum absolute atomic E-state index is 0.321. The van der Waals surface area contributed by atoms with Crippen molar-refractivity contribution in [2.45, 2.75) is 52.2 Å². The molecule has 0 radical (unpaired) electrons. The van der Waals surface area contributed by atoms with Gasteiger partial charge >= 0.3 is 0 Å². The Kier molecular flexibility index (Phi) is 4.32. The monoisotopic (exact) mass is 406 g/mol. The zero-order chi connectivity index (χ0) is 18.5. The van der Waals surface area contributed by atoms with Crippen molar-refractivity contribution in [3.05, 3.63) is 40.7 Å². The fraction of sp³-hybridized carbons (Fsp3) is 0.474. The zero-order valence-corrected chi connectivity index (χ0v) is 16.7. The maximum atomic E-state index is 11.2. The Morgan fingerprint density at radius 3 is 2.36 bits per heavy atom. The molecule has 6 heteroatoms. The van der Waals surface area contributed by atoms with Crippen molar-refractivity contribution >= 4 is 21.7 Å². The summed E-state index contributed by atoms with van der Waals surface area (Å²) in [6.45, 7) is 9.80. The predicted molar refractivity (Wildman–Crippen MR) is 99.6 cm³/mol. The van der Waals surface area contributed by atoms with Gasteiger partial charge in [0.2, 0.25) is 5.82 Å². The molecule has 0 bridgehead atoms. The fourth-order valence-corrected chi connectivity index (χ4v) is 3.53. The Bertz CT molecular complexity index is 803. The summed E-state index contributed by atoms with van der Waals surface area (Å²) in [4.78, 5) is 4.44. The summed E-state index contributed by atoms with van der Waals surface area (Å²) in [6.07, 6.45) is 2.28. The van der Waals surface area contributed by atoms with Crippen molar-refractivity contribution in [2.75, 3.05) is 0 Å². The Morgan fingerprint density at radius 1 is 1.16 bits per heavy atom. The number of hydrogen-bond donors (Lipinski definition) is 1. The van der Waals surface area contributed by atoms with Crippen LogP contribution in [0.25, 0.3) is 17.1 Å². The van der Waals surface area contributed by atoms with Crippen LogP contribution in [0.1, 0.15) is 46.9 Å². The van der Waals surface area contributed by atoms with E-state index in [9.17, 15) is 5.11 Å². The highest BCUT2D eigenvalue weighted by Crippen LogP contribution is 2.48. The van der Waals surface area contributed by atoms with Gasteiger partial charge < -0.3 is 14.4 Å². The molecule has 1 atom stereocenters. The van der Waals surface area contributed by atoms with E-state index in [-0.39, 0.29) is 5.41 Å². The normalized spacial score (nSPS) is 23.1. The van der Waals surface area contributed by atoms with E-state index in [1.165, 1.54) is 0 Å². The molecular formula is C19H23BrN2O3. The minimum Gasteiger partial charge on any atom is -0.479 e. The van der Waals surface area contributed by atoms with E-state index in [1.807, 2.05) is 65.0 Å². The van der Waals surface area contributed by atoms with Crippen LogP contribution in [-0.4, -0.2) is 26.4 Å². The quantitative estimate of drug-likeness (QED) is 0.774. The van der Waals surface area contributed by atoms with Crippen molar-refractivity contribution in [3.8, 4) is 11.4 Å². The number of rotatable bonds is 2. The van der Waals surface area contributed by atoms with Gasteiger partial charge in [-0.1, -0.05) is 41.9 Å². The maximum Gasteiger partial charge on any atom is 0.292 e. The molecule has 1 aromatic heterocycles. The van der Waals surface area contributed by atoms with E-state index in [0.717, 1.165) is 10.0 Å². The highest BCUT2D eigenvalue weighted by Gasteiger charge is 2.55. The van der Waals surface area contributed by atoms with Crippen molar-refractivity contribution < 1.29 is 14.4 Å². The molecule has 5 nitrogen and oxygen atoms in total. The molecule has 0 aliphatic carbocycles. The molecule has 2 heterocycles. The summed E-state index contributed by atoms with van der Waals surface area (Å²) in [6, 6.07) is 7.68. The maximum absolute atomic E-state index is 11.2. The largest absolute Gasteiger partial charge is 0.479 e. The topological polar surface area (TPSA) is 68.4 Å². The highest BCUT2D eigenvalue weighted by atomic mass is 79.9. The molecule has 1 aliphatic rings. The first-order chi connectivity index (χ1) is 11.5. The van der Waals surface area contributed by atoms with Crippen LogP contribution < -0.4 is 0 Å². The third-order valence-electron chi connectivity index (χ3n) is 4.92. The van der Waals surface area contributed by atoms with Gasteiger partial charge in [0.25, 0.3) is 5.89 Å². The lowest BCUT2D eigenvalue weighted by Gasteiger charge is -2.52. The standard InChI is InChI=1S/C19H23BrN2O3/c1-17(2,3)19(23)11-10-14(24-18(19,4)5)16-21-15(22-25-16)12-6-8-13(20)9-7-12/h6-10,23H,11H2,1-5H3. The van der Waals surface area contributed by atoms with Gasteiger partial charge in [-0.25, -0.2) is 0 Å². The number of ether oxygens (including phenoxy) is 1. The Morgan fingerprint density at radius 2 is 1.80 bits per heavy atom. The third kappa shape index (κ3) is 3.13. The molecule has 0 spiro atoms. The Balaban J connectivity index is 1.90. The van der Waals surface area contributed by atoms with E-state index in [1.54, 1.807) is 0 Å². The highest BCUT2D eigenvalue weighted by molar-refractivity contribution is 9.10. The van der Waals surface area contributed by atoms with Gasteiger partial charge in [-0.15, -0.1) is 0 Å². The average Bonchev–Trinajstić information content (AvgIpc) is 2.99. The summed E-state index contributed by atoms with van der Waals surface area (Å²) in [5, 5.41) is 15.2. The van der Waals surface area contributed by atoms with Gasteiger partial charge in [0, 0.05) is 16.5 Å². The molecule has 134 valence electrons. The van der Waals surface area contributed by atoms with Crippen molar-refractivity contribution in [2.24, 2.45) is 5.41 Å². The number of benzene rings is 1. The van der Waals surface area contributed by atoms with Crippen LogP contribution in [0.4, 0.5) is 0 Å². The molecule has 1 aromatic carbocycles. The van der Waals surface area contributed by atoms with Crippen LogP contribution in [0.2, 0.25) is 0 Å². The van der Waals surface area contributed by atoms with Crippen LogP contribution in [0.3, 0.4) is 0 Å². The number of nitrogens with zero attached hydrogens (tertiary/aromatic N) is 2. The second kappa shape index (κ2) is 5.95. The second-order valence-corrected chi connectivity index (χ2v) is 8.84. The van der Waals surface area contributed by atoms with Gasteiger partial charge in [0.15, 0.2) is 5.76 Å². The molecule has 0 saturated carbocycles. The Labute approximate surface area is 156 Å². The van der Waals surface area contributed by atoms with Crippen LogP contribution in [-0.2, 0) is 4.74 Å². The summed E-state index contributed by atoms with van der Waals surface area (Å²) < 4.78 is 12.5. The molecule has 0 saturated heterocycles. The second-order valence-electron chi connectivity index (χ2n) is 7.93. The molecular weight excluding hydrogens is 384 g/mol. The summed E-state index contributed by atoms with van der Waals surface area (Å²) in [5.41, 5.74) is -1.27. The molecule has 2 aromatic rings.